The van der Waals surface area contributed by atoms with Gasteiger partial charge in [0.25, 0.3) is 0 Å². The molecule has 0 fully saturated rings. The molecule has 0 bridgehead atoms. The van der Waals surface area contributed by atoms with Gasteiger partial charge in [-0.25, -0.2) is 0 Å². The largest absolute Gasteiger partial charge is 0.462 e. The van der Waals surface area contributed by atoms with E-state index in [1.165, 1.54) is 218 Å². The zero-order chi connectivity index (χ0) is 57.6. The van der Waals surface area contributed by atoms with E-state index in [2.05, 4.69) is 123 Å². The molecule has 0 spiro atoms. The standard InChI is InChI=1S/C75H130O5/c1-3-5-7-9-11-13-15-17-19-21-23-25-27-29-31-33-34-35-36-37-38-39-40-42-43-45-47-49-51-53-55-57-59-61-63-65-67-69-74(77)79-72-73(71-76)80-75(78)70-68-66-64-62-60-58-56-54-52-50-48-46-44-41-32-30-28-26-24-22-20-18-16-14-12-10-8-6-4-2/h6,8,12,14-15,17-18,20-21,23-24,26-27,29-30,32,44,46,73,76H,3-5,7,9-11,13,16,19,22,25,28,31,33-43,45,47-72H2,1-2H3/b8-6-,14-12-,17-15-,20-18-,23-21-,26-24-,29-27-,32-30-,46-44-. The van der Waals surface area contributed by atoms with Crippen LogP contribution in [0.5, 0.6) is 0 Å². The first-order chi connectivity index (χ1) is 39.6. The maximum atomic E-state index is 12.4. The minimum atomic E-state index is -0.781. The summed E-state index contributed by atoms with van der Waals surface area (Å²) in [5, 5.41) is 9.70. The number of hydrogen-bond donors (Lipinski definition) is 1. The Hall–Kier alpha value is -3.44. The molecular formula is C75H130O5. The Bertz CT molecular complexity index is 1540. The smallest absolute Gasteiger partial charge is 0.306 e. The van der Waals surface area contributed by atoms with E-state index in [9.17, 15) is 14.7 Å². The van der Waals surface area contributed by atoms with Crippen molar-refractivity contribution < 1.29 is 24.2 Å². The van der Waals surface area contributed by atoms with E-state index < -0.39 is 6.10 Å². The second-order valence-electron chi connectivity index (χ2n) is 22.9. The van der Waals surface area contributed by atoms with Crippen molar-refractivity contribution in [1.29, 1.82) is 0 Å². The first kappa shape index (κ1) is 76.6. The summed E-state index contributed by atoms with van der Waals surface area (Å²) in [5.74, 6) is -0.587. The summed E-state index contributed by atoms with van der Waals surface area (Å²) in [6.45, 7) is 4.04. The van der Waals surface area contributed by atoms with Gasteiger partial charge >= 0.3 is 11.9 Å². The van der Waals surface area contributed by atoms with Gasteiger partial charge in [0.1, 0.15) is 6.61 Å². The van der Waals surface area contributed by atoms with Crippen LogP contribution in [0.3, 0.4) is 0 Å². The number of carbonyl (C=O) groups excluding carboxylic acids is 2. The van der Waals surface area contributed by atoms with E-state index in [-0.39, 0.29) is 25.2 Å². The molecule has 0 aromatic heterocycles. The van der Waals surface area contributed by atoms with Crippen molar-refractivity contribution in [1.82, 2.24) is 0 Å². The van der Waals surface area contributed by atoms with Crippen LogP contribution >= 0.6 is 0 Å². The average molecular weight is 1110 g/mol. The normalized spacial score (nSPS) is 12.9. The SMILES string of the molecule is CC/C=C\C/C=C\C/C=C\C/C=C\C/C=C\C/C=C\CCCCCCCCCCCCC(=O)OC(CO)COC(=O)CCCCCCCCCCCCCCCCCCCCCCCC/C=C\C/C=C\C/C=C\CCCCCCC. The number of hydrogen-bond acceptors (Lipinski definition) is 5. The summed E-state index contributed by atoms with van der Waals surface area (Å²) in [5.41, 5.74) is 0. The van der Waals surface area contributed by atoms with E-state index >= 15 is 0 Å². The van der Waals surface area contributed by atoms with Crippen molar-refractivity contribution in [2.24, 2.45) is 0 Å². The highest BCUT2D eigenvalue weighted by Gasteiger charge is 2.16. The van der Waals surface area contributed by atoms with E-state index in [4.69, 9.17) is 9.47 Å². The molecule has 0 aromatic rings. The predicted molar refractivity (Wildman–Crippen MR) is 352 cm³/mol. The van der Waals surface area contributed by atoms with Crippen LogP contribution in [0.15, 0.2) is 109 Å². The maximum absolute atomic E-state index is 12.4. The van der Waals surface area contributed by atoms with Crippen LogP contribution in [-0.2, 0) is 19.1 Å². The molecule has 5 nitrogen and oxygen atoms in total. The Balaban J connectivity index is 3.46. The van der Waals surface area contributed by atoms with E-state index in [1.807, 2.05) is 0 Å². The topological polar surface area (TPSA) is 72.8 Å². The summed E-state index contributed by atoms with van der Waals surface area (Å²) in [6, 6.07) is 0. The lowest BCUT2D eigenvalue weighted by Gasteiger charge is -2.15. The van der Waals surface area contributed by atoms with Crippen molar-refractivity contribution in [3.05, 3.63) is 109 Å². The fourth-order valence-corrected chi connectivity index (χ4v) is 9.92. The van der Waals surface area contributed by atoms with Crippen molar-refractivity contribution in [2.75, 3.05) is 13.2 Å². The molecule has 1 unspecified atom stereocenters. The molecule has 0 rings (SSSR count). The summed E-state index contributed by atoms with van der Waals surface area (Å²) in [6.07, 6.45) is 101. The second kappa shape index (κ2) is 69.8. The quantitative estimate of drug-likeness (QED) is 0.0373. The number of ether oxygens (including phenoxy) is 2. The number of aliphatic hydroxyl groups excluding tert-OH is 1. The predicted octanol–water partition coefficient (Wildman–Crippen LogP) is 24.0. The van der Waals surface area contributed by atoms with Crippen molar-refractivity contribution in [2.45, 2.75) is 341 Å². The van der Waals surface area contributed by atoms with Crippen molar-refractivity contribution in [3.8, 4) is 0 Å². The first-order valence-electron chi connectivity index (χ1n) is 34.4. The average Bonchev–Trinajstić information content (AvgIpc) is 3.46. The van der Waals surface area contributed by atoms with Gasteiger partial charge in [-0.3, -0.25) is 9.59 Å². The summed E-state index contributed by atoms with van der Waals surface area (Å²) < 4.78 is 10.8. The Labute approximate surface area is 497 Å². The molecule has 0 amide bonds. The van der Waals surface area contributed by atoms with Gasteiger partial charge in [-0.2, -0.15) is 0 Å². The molecule has 0 aromatic carbocycles. The van der Waals surface area contributed by atoms with Gasteiger partial charge in [0, 0.05) is 12.8 Å². The summed E-state index contributed by atoms with van der Waals surface area (Å²) in [4.78, 5) is 24.6. The van der Waals surface area contributed by atoms with Crippen LogP contribution in [-0.4, -0.2) is 36.4 Å². The molecule has 0 radical (unpaired) electrons. The highest BCUT2D eigenvalue weighted by atomic mass is 16.6. The minimum absolute atomic E-state index is 0.0693. The molecule has 1 atom stereocenters. The number of unbranched alkanes of at least 4 members (excludes halogenated alkanes) is 37. The van der Waals surface area contributed by atoms with Crippen LogP contribution in [0.25, 0.3) is 0 Å². The van der Waals surface area contributed by atoms with Crippen molar-refractivity contribution >= 4 is 11.9 Å². The van der Waals surface area contributed by atoms with Crippen LogP contribution in [0.1, 0.15) is 335 Å². The van der Waals surface area contributed by atoms with Gasteiger partial charge in [-0.15, -0.1) is 0 Å². The molecule has 0 aliphatic heterocycles. The van der Waals surface area contributed by atoms with E-state index in [0.717, 1.165) is 89.9 Å². The third kappa shape index (κ3) is 67.1. The molecule has 1 N–H and O–H groups in total. The number of esters is 2. The zero-order valence-corrected chi connectivity index (χ0v) is 52.8. The molecule has 460 valence electrons. The van der Waals surface area contributed by atoms with Gasteiger partial charge in [-0.05, 0) is 103 Å². The monoisotopic (exact) mass is 1110 g/mol. The first-order valence-corrected chi connectivity index (χ1v) is 34.4. The van der Waals surface area contributed by atoms with Crippen molar-refractivity contribution in [3.63, 3.8) is 0 Å². The summed E-state index contributed by atoms with van der Waals surface area (Å²) in [7, 11) is 0. The fourth-order valence-electron chi connectivity index (χ4n) is 9.92. The Morgan fingerprint density at radius 3 is 0.812 bits per heavy atom. The molecule has 0 saturated carbocycles. The van der Waals surface area contributed by atoms with Gasteiger partial charge < -0.3 is 14.6 Å². The Morgan fingerprint density at radius 1 is 0.300 bits per heavy atom. The zero-order valence-electron chi connectivity index (χ0n) is 52.8. The highest BCUT2D eigenvalue weighted by Crippen LogP contribution is 2.17. The highest BCUT2D eigenvalue weighted by molar-refractivity contribution is 5.70. The molecule has 80 heavy (non-hydrogen) atoms. The molecule has 0 aliphatic rings. The number of carbonyl (C=O) groups is 2. The van der Waals surface area contributed by atoms with Crippen LogP contribution in [0.2, 0.25) is 0 Å². The van der Waals surface area contributed by atoms with Gasteiger partial charge in [0.05, 0.1) is 6.61 Å². The lowest BCUT2D eigenvalue weighted by molar-refractivity contribution is -0.161. The maximum Gasteiger partial charge on any atom is 0.306 e. The molecule has 0 saturated heterocycles. The van der Waals surface area contributed by atoms with Crippen LogP contribution in [0.4, 0.5) is 0 Å². The Kier molecular flexibility index (Phi) is 66.8. The molecule has 0 heterocycles. The van der Waals surface area contributed by atoms with Gasteiger partial charge in [-0.1, -0.05) is 329 Å². The van der Waals surface area contributed by atoms with Crippen LogP contribution < -0.4 is 0 Å². The summed E-state index contributed by atoms with van der Waals surface area (Å²) >= 11 is 0. The molecular weight excluding hydrogens is 981 g/mol. The lowest BCUT2D eigenvalue weighted by Crippen LogP contribution is -2.28. The van der Waals surface area contributed by atoms with Gasteiger partial charge in [0.2, 0.25) is 0 Å². The number of allylic oxidation sites excluding steroid dienone is 18. The third-order valence-electron chi connectivity index (χ3n) is 15.1. The van der Waals surface area contributed by atoms with Gasteiger partial charge in [0.15, 0.2) is 6.10 Å². The lowest BCUT2D eigenvalue weighted by atomic mass is 10.0. The minimum Gasteiger partial charge on any atom is -0.462 e. The number of aliphatic hydroxyl groups is 1. The Morgan fingerprint density at radius 2 is 0.537 bits per heavy atom. The van der Waals surface area contributed by atoms with Crippen LogP contribution in [0, 0.1) is 0 Å². The molecule has 0 aliphatic carbocycles. The van der Waals surface area contributed by atoms with E-state index in [0.29, 0.717) is 12.8 Å². The second-order valence-corrected chi connectivity index (χ2v) is 22.9. The third-order valence-corrected chi connectivity index (χ3v) is 15.1. The number of rotatable bonds is 63. The van der Waals surface area contributed by atoms with E-state index in [1.54, 1.807) is 0 Å². The fraction of sp³-hybridized carbons (Fsp3) is 0.733. The molecule has 5 heteroatoms.